The van der Waals surface area contributed by atoms with Crippen molar-refractivity contribution in [2.75, 3.05) is 7.11 Å². The van der Waals surface area contributed by atoms with Crippen LogP contribution in [0.2, 0.25) is 0 Å². The second-order valence-corrected chi connectivity index (χ2v) is 9.13. The molecule has 0 fully saturated rings. The molecule has 158 valence electrons. The minimum atomic E-state index is -0.978. The van der Waals surface area contributed by atoms with Crippen LogP contribution in [-0.4, -0.2) is 25.2 Å². The van der Waals surface area contributed by atoms with Gasteiger partial charge in [-0.3, -0.25) is 4.79 Å². The summed E-state index contributed by atoms with van der Waals surface area (Å²) in [5.41, 5.74) is 0.477. The fraction of sp³-hybridized carbons (Fsp3) is 0.154. The first kappa shape index (κ1) is 22.5. The molecule has 0 radical (unpaired) electrons. The van der Waals surface area contributed by atoms with Crippen molar-refractivity contribution in [2.24, 2.45) is 5.92 Å². The molecule has 0 N–H and O–H groups in total. The molecule has 2 atom stereocenters. The highest BCUT2D eigenvalue weighted by atomic mass is 31.1. The van der Waals surface area contributed by atoms with E-state index in [9.17, 15) is 9.59 Å². The lowest BCUT2D eigenvalue weighted by molar-refractivity contribution is -0.147. The largest absolute Gasteiger partial charge is 0.469 e. The predicted molar refractivity (Wildman–Crippen MR) is 126 cm³/mol. The van der Waals surface area contributed by atoms with Crippen LogP contribution in [0.3, 0.4) is 0 Å². The summed E-state index contributed by atoms with van der Waals surface area (Å²) in [5.74, 6) is -1.60. The van der Waals surface area contributed by atoms with E-state index in [1.165, 1.54) is 13.2 Å². The highest BCUT2D eigenvalue weighted by molar-refractivity contribution is 7.80. The highest BCUT2D eigenvalue weighted by Gasteiger charge is 2.28. The Labute approximate surface area is 184 Å². The number of ether oxygens (including phenoxy) is 2. The zero-order valence-electron chi connectivity index (χ0n) is 17.6. The first-order valence-corrected chi connectivity index (χ1v) is 11.3. The van der Waals surface area contributed by atoms with E-state index in [-0.39, 0.29) is 0 Å². The Morgan fingerprint density at radius 1 is 0.871 bits per heavy atom. The van der Waals surface area contributed by atoms with Crippen LogP contribution in [0.25, 0.3) is 0 Å². The van der Waals surface area contributed by atoms with Gasteiger partial charge in [-0.05, 0) is 36.8 Å². The van der Waals surface area contributed by atoms with Crippen LogP contribution < -0.4 is 15.9 Å². The fourth-order valence-corrected chi connectivity index (χ4v) is 5.72. The molecule has 0 aliphatic rings. The Bertz CT molecular complexity index is 994. The summed E-state index contributed by atoms with van der Waals surface area (Å²) >= 11 is 0. The third kappa shape index (κ3) is 5.28. The van der Waals surface area contributed by atoms with E-state index in [0.29, 0.717) is 5.56 Å². The zero-order valence-corrected chi connectivity index (χ0v) is 18.5. The normalized spacial score (nSPS) is 12.6. The van der Waals surface area contributed by atoms with Gasteiger partial charge in [0.1, 0.15) is 6.10 Å². The summed E-state index contributed by atoms with van der Waals surface area (Å²) < 4.78 is 10.5. The number of carbonyl (C=O) groups is 2. The van der Waals surface area contributed by atoms with Crippen molar-refractivity contribution < 1.29 is 19.1 Å². The molecular formula is C26H25O4P. The summed E-state index contributed by atoms with van der Waals surface area (Å²) in [6, 6.07) is 27.7. The standard InChI is InChI=1S/C26H25O4P/c1-4-23(19(2)25(27)29-3)30-26(28)22-17-11-12-18-24(22)31(20-13-7-5-8-14-20)21-15-9-6-10-16-21/h4-19,23H,1H2,2-3H3. The first-order valence-electron chi connectivity index (χ1n) is 9.97. The Balaban J connectivity index is 2.02. The molecule has 0 amide bonds. The Hall–Kier alpha value is -3.23. The average Bonchev–Trinajstić information content (AvgIpc) is 2.83. The molecule has 0 saturated heterocycles. The van der Waals surface area contributed by atoms with Gasteiger partial charge in [-0.25, -0.2) is 4.79 Å². The first-order chi connectivity index (χ1) is 15.1. The maximum absolute atomic E-state index is 13.2. The van der Waals surface area contributed by atoms with Gasteiger partial charge in [-0.15, -0.1) is 0 Å². The molecule has 0 aliphatic carbocycles. The van der Waals surface area contributed by atoms with E-state index in [1.807, 2.05) is 54.6 Å². The average molecular weight is 432 g/mol. The molecule has 5 heteroatoms. The van der Waals surface area contributed by atoms with Crippen LogP contribution in [0.5, 0.6) is 0 Å². The number of carbonyl (C=O) groups excluding carboxylic acids is 2. The maximum Gasteiger partial charge on any atom is 0.339 e. The third-order valence-electron chi connectivity index (χ3n) is 4.93. The van der Waals surface area contributed by atoms with Gasteiger partial charge in [0.25, 0.3) is 0 Å². The monoisotopic (exact) mass is 432 g/mol. The molecule has 31 heavy (non-hydrogen) atoms. The molecule has 2 unspecified atom stereocenters. The minimum Gasteiger partial charge on any atom is -0.469 e. The lowest BCUT2D eigenvalue weighted by Crippen LogP contribution is -2.32. The lowest BCUT2D eigenvalue weighted by atomic mass is 10.1. The van der Waals surface area contributed by atoms with Crippen LogP contribution in [0.1, 0.15) is 17.3 Å². The number of hydrogen-bond donors (Lipinski definition) is 0. The van der Waals surface area contributed by atoms with E-state index in [2.05, 4.69) is 30.8 Å². The van der Waals surface area contributed by atoms with Crippen molar-refractivity contribution >= 4 is 35.8 Å². The molecule has 0 aromatic heterocycles. The topological polar surface area (TPSA) is 52.6 Å². The van der Waals surface area contributed by atoms with Gasteiger partial charge in [0.05, 0.1) is 18.6 Å². The predicted octanol–water partition coefficient (Wildman–Crippen LogP) is 3.97. The SMILES string of the molecule is C=CC(OC(=O)c1ccccc1P(c1ccccc1)c1ccccc1)C(C)C(=O)OC. The van der Waals surface area contributed by atoms with Crippen LogP contribution in [0.4, 0.5) is 0 Å². The lowest BCUT2D eigenvalue weighted by Gasteiger charge is -2.23. The fourth-order valence-electron chi connectivity index (χ4n) is 3.28. The van der Waals surface area contributed by atoms with E-state index in [0.717, 1.165) is 15.9 Å². The molecule has 0 spiro atoms. The quantitative estimate of drug-likeness (QED) is 0.307. The van der Waals surface area contributed by atoms with Crippen molar-refractivity contribution in [3.8, 4) is 0 Å². The number of esters is 2. The number of methoxy groups -OCH3 is 1. The maximum atomic E-state index is 13.2. The highest BCUT2D eigenvalue weighted by Crippen LogP contribution is 2.34. The van der Waals surface area contributed by atoms with Gasteiger partial charge in [0.2, 0.25) is 0 Å². The van der Waals surface area contributed by atoms with Crippen LogP contribution in [-0.2, 0) is 14.3 Å². The van der Waals surface area contributed by atoms with Crippen LogP contribution in [0, 0.1) is 5.92 Å². The van der Waals surface area contributed by atoms with E-state index < -0.39 is 31.9 Å². The van der Waals surface area contributed by atoms with Crippen molar-refractivity contribution in [1.82, 2.24) is 0 Å². The van der Waals surface area contributed by atoms with Crippen molar-refractivity contribution in [3.63, 3.8) is 0 Å². The molecule has 0 aliphatic heterocycles. The number of hydrogen-bond acceptors (Lipinski definition) is 4. The molecule has 0 saturated carbocycles. The summed E-state index contributed by atoms with van der Waals surface area (Å²) in [5, 5.41) is 3.16. The van der Waals surface area contributed by atoms with Gasteiger partial charge in [0, 0.05) is 0 Å². The molecule has 3 aromatic rings. The van der Waals surface area contributed by atoms with Crippen molar-refractivity contribution in [2.45, 2.75) is 13.0 Å². The second-order valence-electron chi connectivity index (χ2n) is 6.94. The zero-order chi connectivity index (χ0) is 22.2. The number of rotatable bonds is 8. The smallest absolute Gasteiger partial charge is 0.339 e. The molecular weight excluding hydrogens is 407 g/mol. The molecule has 0 heterocycles. The van der Waals surface area contributed by atoms with Crippen LogP contribution >= 0.6 is 7.92 Å². The summed E-state index contributed by atoms with van der Waals surface area (Å²) in [4.78, 5) is 25.1. The van der Waals surface area contributed by atoms with Gasteiger partial charge >= 0.3 is 11.9 Å². The Kier molecular flexibility index (Phi) is 7.75. The Morgan fingerprint density at radius 3 is 1.90 bits per heavy atom. The second kappa shape index (κ2) is 10.7. The van der Waals surface area contributed by atoms with Gasteiger partial charge in [-0.1, -0.05) is 91.5 Å². The molecule has 3 aromatic carbocycles. The summed E-state index contributed by atoms with van der Waals surface area (Å²) in [6.45, 7) is 5.37. The number of benzene rings is 3. The van der Waals surface area contributed by atoms with Gasteiger partial charge < -0.3 is 9.47 Å². The van der Waals surface area contributed by atoms with Crippen LogP contribution in [0.15, 0.2) is 97.6 Å². The molecule has 4 nitrogen and oxygen atoms in total. The minimum absolute atomic E-state index is 0.457. The van der Waals surface area contributed by atoms with E-state index >= 15 is 0 Å². The van der Waals surface area contributed by atoms with Crippen molar-refractivity contribution in [3.05, 3.63) is 103 Å². The van der Waals surface area contributed by atoms with Crippen molar-refractivity contribution in [1.29, 1.82) is 0 Å². The van der Waals surface area contributed by atoms with E-state index in [4.69, 9.17) is 9.47 Å². The summed E-state index contributed by atoms with van der Waals surface area (Å²) in [7, 11) is 0.331. The Morgan fingerprint density at radius 2 is 1.39 bits per heavy atom. The van der Waals surface area contributed by atoms with Gasteiger partial charge in [-0.2, -0.15) is 0 Å². The summed E-state index contributed by atoms with van der Waals surface area (Å²) in [6.07, 6.45) is 0.673. The third-order valence-corrected chi connectivity index (χ3v) is 7.44. The van der Waals surface area contributed by atoms with E-state index in [1.54, 1.807) is 13.0 Å². The van der Waals surface area contributed by atoms with Gasteiger partial charge in [0.15, 0.2) is 0 Å². The molecule has 0 bridgehead atoms. The molecule has 3 rings (SSSR count).